The summed E-state index contributed by atoms with van der Waals surface area (Å²) >= 11 is 2.13. The normalized spacial score (nSPS) is 39.4. The van der Waals surface area contributed by atoms with Crippen molar-refractivity contribution in [2.75, 3.05) is 0 Å². The maximum Gasteiger partial charge on any atom is 0.322 e. The van der Waals surface area contributed by atoms with Gasteiger partial charge in [0.1, 0.15) is 15.1 Å². The minimum atomic E-state index is -0.585. The summed E-state index contributed by atoms with van der Waals surface area (Å²) in [6.45, 7) is 11.4. The molecule has 5 aliphatic rings. The number of halogens is 1. The summed E-state index contributed by atoms with van der Waals surface area (Å²) in [5.74, 6) is 0.502. The van der Waals surface area contributed by atoms with Crippen LogP contribution in [0.5, 0.6) is 0 Å². The molecule has 2 unspecified atom stereocenters. The molecule has 1 aliphatic heterocycles. The van der Waals surface area contributed by atoms with Crippen LogP contribution < -0.4 is 0 Å². The van der Waals surface area contributed by atoms with Gasteiger partial charge in [0.2, 0.25) is 0 Å². The number of esters is 2. The van der Waals surface area contributed by atoms with Crippen molar-refractivity contribution in [2.24, 2.45) is 17.3 Å². The first kappa shape index (κ1) is 23.7. The molecule has 7 heteroatoms. The van der Waals surface area contributed by atoms with Gasteiger partial charge in [-0.15, -0.1) is 10.3 Å². The molecule has 5 rings (SSSR count). The van der Waals surface area contributed by atoms with E-state index in [0.717, 1.165) is 37.2 Å². The van der Waals surface area contributed by atoms with Crippen LogP contribution in [0.25, 0.3) is 0 Å². The molecule has 1 heterocycles. The minimum absolute atomic E-state index is 0.133. The fourth-order valence-electron chi connectivity index (χ4n) is 7.39. The molecule has 4 saturated carbocycles. The highest BCUT2D eigenvalue weighted by molar-refractivity contribution is 14.1. The molecule has 2 atom stereocenters. The molecule has 4 aliphatic carbocycles. The summed E-state index contributed by atoms with van der Waals surface area (Å²) < 4.78 is 11.7. The molecule has 0 amide bonds. The number of carbonyl (C=O) groups is 2. The van der Waals surface area contributed by atoms with Crippen molar-refractivity contribution in [3.63, 3.8) is 0 Å². The van der Waals surface area contributed by atoms with E-state index in [1.165, 1.54) is 0 Å². The van der Waals surface area contributed by atoms with Gasteiger partial charge in [-0.1, -0.05) is 22.6 Å². The van der Waals surface area contributed by atoms with Crippen molar-refractivity contribution in [1.29, 1.82) is 0 Å². The summed E-state index contributed by atoms with van der Waals surface area (Å²) in [5, 5.41) is 13.8. The Morgan fingerprint density at radius 1 is 0.935 bits per heavy atom. The van der Waals surface area contributed by atoms with Gasteiger partial charge >= 0.3 is 11.9 Å². The van der Waals surface area contributed by atoms with Crippen LogP contribution >= 0.6 is 22.6 Å². The molecular formula is C24H37INO5. The highest BCUT2D eigenvalue weighted by Crippen LogP contribution is 2.63. The third-order valence-corrected chi connectivity index (χ3v) is 8.50. The van der Waals surface area contributed by atoms with E-state index in [4.69, 9.17) is 9.47 Å². The van der Waals surface area contributed by atoms with Crippen molar-refractivity contribution in [2.45, 2.75) is 119 Å². The predicted molar refractivity (Wildman–Crippen MR) is 124 cm³/mol. The molecule has 1 radical (unpaired) electrons. The predicted octanol–water partition coefficient (Wildman–Crippen LogP) is 4.99. The second-order valence-corrected chi connectivity index (χ2v) is 15.3. The van der Waals surface area contributed by atoms with Crippen LogP contribution in [-0.2, 0) is 24.3 Å². The summed E-state index contributed by atoms with van der Waals surface area (Å²) in [6, 6.07) is 0. The van der Waals surface area contributed by atoms with Gasteiger partial charge in [-0.2, -0.15) is 0 Å². The van der Waals surface area contributed by atoms with E-state index < -0.39 is 25.5 Å². The second-order valence-electron chi connectivity index (χ2n) is 12.6. The number of ether oxygens (including phenoxy) is 2. The Morgan fingerprint density at radius 3 is 1.94 bits per heavy atom. The van der Waals surface area contributed by atoms with Crippen LogP contribution in [0.3, 0.4) is 0 Å². The Hall–Kier alpha value is -0.410. The molecule has 0 spiro atoms. The first-order valence-corrected chi connectivity index (χ1v) is 12.7. The van der Waals surface area contributed by atoms with Gasteiger partial charge in [0.25, 0.3) is 0 Å². The average Bonchev–Trinajstić information content (AvgIpc) is 2.56. The molecule has 0 aromatic rings. The van der Waals surface area contributed by atoms with Crippen LogP contribution in [0.1, 0.15) is 92.9 Å². The third kappa shape index (κ3) is 4.27. The van der Waals surface area contributed by atoms with Crippen molar-refractivity contribution in [3.8, 4) is 0 Å². The Morgan fingerprint density at radius 2 is 1.45 bits per heavy atom. The molecule has 0 N–H and O–H groups in total. The van der Waals surface area contributed by atoms with E-state index in [0.29, 0.717) is 31.1 Å². The maximum atomic E-state index is 13.6. The number of nitrogens with zero attached hydrogens (tertiary/aromatic N) is 1. The number of rotatable bonds is 4. The number of hydroxylamine groups is 2. The molecule has 0 aromatic carbocycles. The van der Waals surface area contributed by atoms with Crippen molar-refractivity contribution >= 4 is 34.5 Å². The van der Waals surface area contributed by atoms with Gasteiger partial charge in [-0.3, -0.25) is 9.59 Å². The zero-order valence-corrected chi connectivity index (χ0v) is 21.9. The molecule has 175 valence electrons. The monoisotopic (exact) mass is 546 g/mol. The lowest BCUT2D eigenvalue weighted by Gasteiger charge is -2.60. The molecule has 4 bridgehead atoms. The van der Waals surface area contributed by atoms with Crippen molar-refractivity contribution in [1.82, 2.24) is 5.06 Å². The molecule has 31 heavy (non-hydrogen) atoms. The lowest BCUT2D eigenvalue weighted by atomic mass is 9.48. The zero-order valence-electron chi connectivity index (χ0n) is 19.8. The fraction of sp³-hybridized carbons (Fsp3) is 0.917. The van der Waals surface area contributed by atoms with Crippen LogP contribution in [0.2, 0.25) is 0 Å². The number of piperidine rings is 1. The zero-order chi connectivity index (χ0) is 23.0. The van der Waals surface area contributed by atoms with Crippen molar-refractivity contribution < 1.29 is 24.3 Å². The summed E-state index contributed by atoms with van der Waals surface area (Å²) in [7, 11) is 0. The summed E-state index contributed by atoms with van der Waals surface area (Å²) in [4.78, 5) is 26.4. The number of hydrogen-bond acceptors (Lipinski definition) is 5. The maximum absolute atomic E-state index is 13.6. The van der Waals surface area contributed by atoms with Crippen LogP contribution in [0.4, 0.5) is 0 Å². The largest absolute Gasteiger partial charge is 0.462 e. The molecule has 6 nitrogen and oxygen atoms in total. The lowest BCUT2D eigenvalue weighted by Crippen LogP contribution is -2.62. The van der Waals surface area contributed by atoms with E-state index in [2.05, 4.69) is 22.6 Å². The van der Waals surface area contributed by atoms with E-state index in [1.807, 2.05) is 41.5 Å². The number of hydrogen-bond donors (Lipinski definition) is 0. The van der Waals surface area contributed by atoms with Crippen LogP contribution in [-0.4, -0.2) is 43.2 Å². The molecule has 5 fully saturated rings. The standard InChI is InChI=1S/C24H37INO5/c1-20(2)12-17(13-21(3,4)26(20)29)30-19(28)23-8-15-7-16(9-23)11-24(10-15,14-23)31-18(27)22(5,6)25/h15-17H,7-14H2,1-6H3. The van der Waals surface area contributed by atoms with Gasteiger partial charge < -0.3 is 9.47 Å². The van der Waals surface area contributed by atoms with Gasteiger partial charge in [0.15, 0.2) is 0 Å². The average molecular weight is 546 g/mol. The quantitative estimate of drug-likeness (QED) is 0.282. The topological polar surface area (TPSA) is 75.7 Å². The first-order chi connectivity index (χ1) is 14.1. The third-order valence-electron chi connectivity index (χ3n) is 8.06. The lowest BCUT2D eigenvalue weighted by molar-refractivity contribution is -0.300. The van der Waals surface area contributed by atoms with Gasteiger partial charge in [0, 0.05) is 30.3 Å². The fourth-order valence-corrected chi connectivity index (χ4v) is 7.50. The van der Waals surface area contributed by atoms with Gasteiger partial charge in [0.05, 0.1) is 5.41 Å². The second kappa shape index (κ2) is 7.29. The highest BCUT2D eigenvalue weighted by atomic mass is 127. The van der Waals surface area contributed by atoms with Crippen molar-refractivity contribution in [3.05, 3.63) is 0 Å². The van der Waals surface area contributed by atoms with Gasteiger partial charge in [-0.25, -0.2) is 0 Å². The molecule has 1 saturated heterocycles. The van der Waals surface area contributed by atoms with E-state index in [-0.39, 0.29) is 18.0 Å². The Balaban J connectivity index is 1.53. The SMILES string of the molecule is CC(C)(I)C(=O)OC12CC3CC(C1)CC(C(=O)OC1CC(C)(C)N([O])C(C)(C)C1)(C3)C2. The van der Waals surface area contributed by atoms with Crippen LogP contribution in [0.15, 0.2) is 0 Å². The Bertz CT molecular complexity index is 738. The molecule has 0 aromatic heterocycles. The highest BCUT2D eigenvalue weighted by Gasteiger charge is 2.64. The number of alkyl halides is 1. The van der Waals surface area contributed by atoms with Crippen LogP contribution in [0, 0.1) is 17.3 Å². The summed E-state index contributed by atoms with van der Waals surface area (Å²) in [6.07, 6.45) is 5.92. The van der Waals surface area contributed by atoms with Gasteiger partial charge in [-0.05, 0) is 85.5 Å². The molecular weight excluding hydrogens is 509 g/mol. The smallest absolute Gasteiger partial charge is 0.322 e. The summed E-state index contributed by atoms with van der Waals surface area (Å²) in [5.41, 5.74) is -2.23. The van der Waals surface area contributed by atoms with E-state index >= 15 is 0 Å². The van der Waals surface area contributed by atoms with E-state index in [1.54, 1.807) is 0 Å². The Labute approximate surface area is 199 Å². The minimum Gasteiger partial charge on any atom is -0.462 e. The first-order valence-electron chi connectivity index (χ1n) is 11.7. The van der Waals surface area contributed by atoms with E-state index in [9.17, 15) is 14.8 Å². The number of carbonyl (C=O) groups excluding carboxylic acids is 2. The Kier molecular flexibility index (Phi) is 5.58.